The van der Waals surface area contributed by atoms with Gasteiger partial charge in [0.1, 0.15) is 11.9 Å². The summed E-state index contributed by atoms with van der Waals surface area (Å²) in [5.41, 5.74) is 10.3. The topological polar surface area (TPSA) is 55.5 Å². The second-order valence-corrected chi connectivity index (χ2v) is 4.76. The molecular formula is C16H19NO2. The summed E-state index contributed by atoms with van der Waals surface area (Å²) in [6, 6.07) is 11.4. The largest absolute Gasteiger partial charge is 0.495 e. The van der Waals surface area contributed by atoms with Crippen molar-refractivity contribution < 1.29 is 9.84 Å². The van der Waals surface area contributed by atoms with Crippen LogP contribution >= 0.6 is 0 Å². The molecule has 0 bridgehead atoms. The molecule has 3 heteroatoms. The lowest BCUT2D eigenvalue weighted by molar-refractivity contribution is 0.219. The van der Waals surface area contributed by atoms with E-state index in [1.165, 1.54) is 0 Å². The fourth-order valence-electron chi connectivity index (χ4n) is 2.16. The standard InChI is InChI=1S/C16H19NO2/c1-10-4-5-11(2)13(8-10)16(18)12-6-7-15(19-3)14(17)9-12/h4-9,16,18H,17H2,1-3H3/t16-/m0/s1. The molecule has 2 aromatic carbocycles. The molecule has 0 heterocycles. The molecule has 100 valence electrons. The normalized spacial score (nSPS) is 12.2. The van der Waals surface area contributed by atoms with Gasteiger partial charge in [0.25, 0.3) is 0 Å². The van der Waals surface area contributed by atoms with Crippen molar-refractivity contribution in [2.75, 3.05) is 12.8 Å². The number of benzene rings is 2. The van der Waals surface area contributed by atoms with Crippen LogP contribution in [0.15, 0.2) is 36.4 Å². The van der Waals surface area contributed by atoms with Crippen molar-refractivity contribution in [3.63, 3.8) is 0 Å². The summed E-state index contributed by atoms with van der Waals surface area (Å²) in [6.45, 7) is 4.00. The molecule has 3 nitrogen and oxygen atoms in total. The summed E-state index contributed by atoms with van der Waals surface area (Å²) in [5.74, 6) is 0.622. The molecule has 2 aromatic rings. The van der Waals surface area contributed by atoms with Crippen LogP contribution in [0.2, 0.25) is 0 Å². The van der Waals surface area contributed by atoms with E-state index in [-0.39, 0.29) is 0 Å². The molecule has 0 unspecified atom stereocenters. The number of nitrogens with two attached hydrogens (primary N) is 1. The van der Waals surface area contributed by atoms with Gasteiger partial charge in [-0.25, -0.2) is 0 Å². The lowest BCUT2D eigenvalue weighted by Gasteiger charge is -2.16. The van der Waals surface area contributed by atoms with Gasteiger partial charge >= 0.3 is 0 Å². The van der Waals surface area contributed by atoms with Crippen LogP contribution in [0.3, 0.4) is 0 Å². The molecule has 1 atom stereocenters. The molecule has 0 saturated carbocycles. The Kier molecular flexibility index (Phi) is 3.76. The zero-order valence-corrected chi connectivity index (χ0v) is 11.5. The Bertz CT molecular complexity index is 593. The third kappa shape index (κ3) is 2.71. The molecule has 0 fully saturated rings. The van der Waals surface area contributed by atoms with E-state index in [1.54, 1.807) is 19.2 Å². The smallest absolute Gasteiger partial charge is 0.141 e. The van der Waals surface area contributed by atoms with Crippen molar-refractivity contribution >= 4 is 5.69 Å². The third-order valence-electron chi connectivity index (χ3n) is 3.30. The number of hydrogen-bond acceptors (Lipinski definition) is 3. The number of hydrogen-bond donors (Lipinski definition) is 2. The zero-order valence-electron chi connectivity index (χ0n) is 11.5. The number of rotatable bonds is 3. The van der Waals surface area contributed by atoms with Crippen LogP contribution in [0, 0.1) is 13.8 Å². The summed E-state index contributed by atoms with van der Waals surface area (Å²) in [5, 5.41) is 10.5. The minimum atomic E-state index is -0.673. The summed E-state index contributed by atoms with van der Waals surface area (Å²) in [7, 11) is 1.58. The second kappa shape index (κ2) is 5.33. The molecule has 0 spiro atoms. The van der Waals surface area contributed by atoms with Gasteiger partial charge < -0.3 is 15.6 Å². The summed E-state index contributed by atoms with van der Waals surface area (Å²) in [4.78, 5) is 0. The van der Waals surface area contributed by atoms with E-state index in [1.807, 2.05) is 38.1 Å². The van der Waals surface area contributed by atoms with Crippen molar-refractivity contribution in [2.45, 2.75) is 20.0 Å². The highest BCUT2D eigenvalue weighted by Crippen LogP contribution is 2.30. The van der Waals surface area contributed by atoms with E-state index in [4.69, 9.17) is 10.5 Å². The van der Waals surface area contributed by atoms with Crippen LogP contribution in [0.1, 0.15) is 28.4 Å². The van der Waals surface area contributed by atoms with Gasteiger partial charge in [-0.1, -0.05) is 29.8 Å². The van der Waals surface area contributed by atoms with Gasteiger partial charge in [-0.05, 0) is 42.7 Å². The molecule has 0 amide bonds. The average Bonchev–Trinajstić information content (AvgIpc) is 2.40. The Morgan fingerprint density at radius 2 is 1.84 bits per heavy atom. The SMILES string of the molecule is COc1ccc([C@H](O)c2cc(C)ccc2C)cc1N. The molecular weight excluding hydrogens is 238 g/mol. The first-order chi connectivity index (χ1) is 9.02. The number of nitrogen functional groups attached to an aromatic ring is 1. The highest BCUT2D eigenvalue weighted by atomic mass is 16.5. The quantitative estimate of drug-likeness (QED) is 0.831. The van der Waals surface area contributed by atoms with Crippen molar-refractivity contribution in [3.8, 4) is 5.75 Å². The molecule has 0 aliphatic carbocycles. The van der Waals surface area contributed by atoms with E-state index in [0.717, 1.165) is 22.3 Å². The third-order valence-corrected chi connectivity index (χ3v) is 3.30. The molecule has 19 heavy (non-hydrogen) atoms. The Balaban J connectivity index is 2.41. The Labute approximate surface area is 113 Å². The maximum atomic E-state index is 10.5. The van der Waals surface area contributed by atoms with Crippen molar-refractivity contribution in [1.29, 1.82) is 0 Å². The lowest BCUT2D eigenvalue weighted by atomic mass is 9.95. The predicted molar refractivity (Wildman–Crippen MR) is 77.4 cm³/mol. The van der Waals surface area contributed by atoms with E-state index >= 15 is 0 Å². The van der Waals surface area contributed by atoms with Gasteiger partial charge in [0.2, 0.25) is 0 Å². The van der Waals surface area contributed by atoms with E-state index < -0.39 is 6.10 Å². The Morgan fingerprint density at radius 3 is 2.47 bits per heavy atom. The first kappa shape index (κ1) is 13.4. The van der Waals surface area contributed by atoms with Crippen LogP contribution < -0.4 is 10.5 Å². The fourth-order valence-corrected chi connectivity index (χ4v) is 2.16. The molecule has 0 aliphatic heterocycles. The molecule has 0 radical (unpaired) electrons. The molecule has 0 aromatic heterocycles. The predicted octanol–water partition coefficient (Wildman–Crippen LogP) is 2.98. The van der Waals surface area contributed by atoms with Gasteiger partial charge in [-0.15, -0.1) is 0 Å². The summed E-state index contributed by atoms with van der Waals surface area (Å²) < 4.78 is 5.12. The van der Waals surface area contributed by atoms with Gasteiger partial charge in [0.15, 0.2) is 0 Å². The van der Waals surface area contributed by atoms with Crippen molar-refractivity contribution in [1.82, 2.24) is 0 Å². The van der Waals surface area contributed by atoms with Crippen molar-refractivity contribution in [2.24, 2.45) is 0 Å². The van der Waals surface area contributed by atoms with Crippen LogP contribution in [-0.2, 0) is 0 Å². The first-order valence-corrected chi connectivity index (χ1v) is 6.21. The maximum absolute atomic E-state index is 10.5. The number of aryl methyl sites for hydroxylation is 2. The van der Waals surface area contributed by atoms with Gasteiger partial charge in [0.05, 0.1) is 12.8 Å². The number of aliphatic hydroxyl groups excluding tert-OH is 1. The van der Waals surface area contributed by atoms with Gasteiger partial charge in [-0.3, -0.25) is 0 Å². The molecule has 2 rings (SSSR count). The maximum Gasteiger partial charge on any atom is 0.141 e. The number of aliphatic hydroxyl groups is 1. The van der Waals surface area contributed by atoms with Crippen LogP contribution in [0.25, 0.3) is 0 Å². The number of methoxy groups -OCH3 is 1. The highest BCUT2D eigenvalue weighted by Gasteiger charge is 2.14. The van der Waals surface area contributed by atoms with Crippen LogP contribution in [-0.4, -0.2) is 12.2 Å². The fraction of sp³-hybridized carbons (Fsp3) is 0.250. The summed E-state index contributed by atoms with van der Waals surface area (Å²) in [6.07, 6.45) is -0.673. The summed E-state index contributed by atoms with van der Waals surface area (Å²) >= 11 is 0. The number of anilines is 1. The van der Waals surface area contributed by atoms with Crippen LogP contribution in [0.5, 0.6) is 5.75 Å². The minimum absolute atomic E-state index is 0.532. The molecule has 0 saturated heterocycles. The lowest BCUT2D eigenvalue weighted by Crippen LogP contribution is -2.04. The Hall–Kier alpha value is -2.00. The van der Waals surface area contributed by atoms with E-state index in [0.29, 0.717) is 11.4 Å². The average molecular weight is 257 g/mol. The van der Waals surface area contributed by atoms with E-state index in [2.05, 4.69) is 0 Å². The zero-order chi connectivity index (χ0) is 14.0. The van der Waals surface area contributed by atoms with Crippen LogP contribution in [0.4, 0.5) is 5.69 Å². The number of ether oxygens (including phenoxy) is 1. The Morgan fingerprint density at radius 1 is 1.11 bits per heavy atom. The molecule has 0 aliphatic rings. The van der Waals surface area contributed by atoms with Gasteiger partial charge in [0, 0.05) is 0 Å². The second-order valence-electron chi connectivity index (χ2n) is 4.76. The van der Waals surface area contributed by atoms with E-state index in [9.17, 15) is 5.11 Å². The monoisotopic (exact) mass is 257 g/mol. The minimum Gasteiger partial charge on any atom is -0.495 e. The van der Waals surface area contributed by atoms with Gasteiger partial charge in [-0.2, -0.15) is 0 Å². The highest BCUT2D eigenvalue weighted by molar-refractivity contribution is 5.55. The first-order valence-electron chi connectivity index (χ1n) is 6.21. The van der Waals surface area contributed by atoms with Crippen molar-refractivity contribution in [3.05, 3.63) is 58.7 Å². The molecule has 3 N–H and O–H groups in total.